The molecule has 0 fully saturated rings. The second-order valence-electron chi connectivity index (χ2n) is 5.44. The summed E-state index contributed by atoms with van der Waals surface area (Å²) in [5, 5.41) is 21.0. The highest BCUT2D eigenvalue weighted by Gasteiger charge is 2.20. The Morgan fingerprint density at radius 3 is 2.62 bits per heavy atom. The van der Waals surface area contributed by atoms with Crippen molar-refractivity contribution >= 4 is 23.2 Å². The molecule has 112 valence electrons. The number of furan rings is 1. The van der Waals surface area contributed by atoms with E-state index < -0.39 is 11.9 Å². The number of nitrogens with zero attached hydrogens (tertiary/aromatic N) is 2. The predicted molar refractivity (Wildman–Crippen MR) is 75.4 cm³/mol. The van der Waals surface area contributed by atoms with E-state index in [1.807, 2.05) is 20.8 Å². The van der Waals surface area contributed by atoms with Gasteiger partial charge in [0, 0.05) is 11.5 Å². The van der Waals surface area contributed by atoms with Crippen molar-refractivity contribution in [2.45, 2.75) is 32.7 Å². The summed E-state index contributed by atoms with van der Waals surface area (Å²) in [4.78, 5) is 22.5. The van der Waals surface area contributed by atoms with Gasteiger partial charge < -0.3 is 14.8 Å². The topological polar surface area (TPSA) is 105 Å². The van der Waals surface area contributed by atoms with Crippen LogP contribution < -0.4 is 5.32 Å². The van der Waals surface area contributed by atoms with E-state index in [2.05, 4.69) is 15.5 Å². The number of hydrogen-bond donors (Lipinski definition) is 2. The average Bonchev–Trinajstić information content (AvgIpc) is 3.04. The fraction of sp³-hybridized carbons (Fsp3) is 0.385. The lowest BCUT2D eigenvalue weighted by atomic mass is 9.98. The molecule has 0 bridgehead atoms. The summed E-state index contributed by atoms with van der Waals surface area (Å²) < 4.78 is 4.91. The molecule has 0 aliphatic rings. The molecule has 7 nitrogen and oxygen atoms in total. The van der Waals surface area contributed by atoms with Crippen LogP contribution in [0, 0.1) is 0 Å². The van der Waals surface area contributed by atoms with Crippen molar-refractivity contribution in [3.8, 4) is 0 Å². The van der Waals surface area contributed by atoms with Gasteiger partial charge in [0.25, 0.3) is 5.91 Å². The molecule has 0 aliphatic heterocycles. The predicted octanol–water partition coefficient (Wildman–Crippen LogP) is 2.06. The first kappa shape index (κ1) is 15.2. The molecule has 0 saturated carbocycles. The molecule has 0 unspecified atom stereocenters. The number of rotatable bonds is 4. The maximum atomic E-state index is 11.8. The molecule has 0 aromatic carbocycles. The van der Waals surface area contributed by atoms with Crippen LogP contribution in [0.25, 0.3) is 0 Å². The van der Waals surface area contributed by atoms with E-state index in [4.69, 9.17) is 9.52 Å². The minimum atomic E-state index is -1.14. The molecule has 2 N–H and O–H groups in total. The van der Waals surface area contributed by atoms with Gasteiger partial charge in [0.1, 0.15) is 16.3 Å². The number of carbonyl (C=O) groups excluding carboxylic acids is 1. The van der Waals surface area contributed by atoms with Gasteiger partial charge in [0.05, 0.1) is 12.1 Å². The van der Waals surface area contributed by atoms with E-state index in [1.54, 1.807) is 0 Å². The summed E-state index contributed by atoms with van der Waals surface area (Å²) >= 11 is 1.43. The molecule has 2 rings (SSSR count). The lowest BCUT2D eigenvalue weighted by molar-refractivity contribution is 0.0696. The van der Waals surface area contributed by atoms with E-state index in [0.29, 0.717) is 5.01 Å². The summed E-state index contributed by atoms with van der Waals surface area (Å²) in [5.74, 6) is -1.68. The quantitative estimate of drug-likeness (QED) is 0.895. The number of carboxylic acids is 1. The molecule has 1 amide bonds. The molecule has 21 heavy (non-hydrogen) atoms. The van der Waals surface area contributed by atoms with Crippen LogP contribution >= 0.6 is 11.3 Å². The Kier molecular flexibility index (Phi) is 4.08. The fourth-order valence-electron chi connectivity index (χ4n) is 1.44. The Bertz CT molecular complexity index is 669. The standard InChI is InChI=1S/C13H15N3O4S/c1-13(2,3)12-16-15-9(21-12)5-14-10(17)8-4-7(6-20-8)11(18)19/h4,6H,5H2,1-3H3,(H,14,17)(H,18,19). The Morgan fingerprint density at radius 2 is 2.10 bits per heavy atom. The third-order valence-corrected chi connectivity index (χ3v) is 3.93. The summed E-state index contributed by atoms with van der Waals surface area (Å²) in [6, 6.07) is 1.18. The minimum absolute atomic E-state index is 0.0482. The van der Waals surface area contributed by atoms with Crippen LogP contribution in [0.2, 0.25) is 0 Å². The van der Waals surface area contributed by atoms with Crippen molar-refractivity contribution in [2.75, 3.05) is 0 Å². The lowest BCUT2D eigenvalue weighted by Crippen LogP contribution is -2.22. The van der Waals surface area contributed by atoms with Gasteiger partial charge in [-0.1, -0.05) is 32.1 Å². The lowest BCUT2D eigenvalue weighted by Gasteiger charge is -2.12. The van der Waals surface area contributed by atoms with Gasteiger partial charge in [-0.2, -0.15) is 0 Å². The zero-order valence-electron chi connectivity index (χ0n) is 11.8. The molecular formula is C13H15N3O4S. The average molecular weight is 309 g/mol. The van der Waals surface area contributed by atoms with E-state index in [0.717, 1.165) is 11.3 Å². The first-order valence-corrected chi connectivity index (χ1v) is 7.02. The Morgan fingerprint density at radius 1 is 1.38 bits per heavy atom. The van der Waals surface area contributed by atoms with Crippen molar-refractivity contribution in [1.29, 1.82) is 0 Å². The summed E-state index contributed by atoms with van der Waals surface area (Å²) in [6.07, 6.45) is 1.03. The van der Waals surface area contributed by atoms with Crippen LogP contribution in [-0.4, -0.2) is 27.2 Å². The first-order chi connectivity index (χ1) is 9.77. The number of carbonyl (C=O) groups is 2. The SMILES string of the molecule is CC(C)(C)c1nnc(CNC(=O)c2cc(C(=O)O)co2)s1. The molecule has 2 aromatic heterocycles. The number of aromatic nitrogens is 2. The third-order valence-electron chi connectivity index (χ3n) is 2.58. The number of carboxylic acid groups (broad SMARTS) is 1. The zero-order valence-corrected chi connectivity index (χ0v) is 12.7. The highest BCUT2D eigenvalue weighted by Crippen LogP contribution is 2.25. The van der Waals surface area contributed by atoms with E-state index >= 15 is 0 Å². The summed E-state index contributed by atoms with van der Waals surface area (Å²) in [7, 11) is 0. The van der Waals surface area contributed by atoms with Gasteiger partial charge in [-0.05, 0) is 0 Å². The van der Waals surface area contributed by atoms with Crippen molar-refractivity contribution in [1.82, 2.24) is 15.5 Å². The van der Waals surface area contributed by atoms with Crippen LogP contribution in [0.3, 0.4) is 0 Å². The molecule has 2 heterocycles. The number of nitrogens with one attached hydrogen (secondary N) is 1. The molecule has 0 radical (unpaired) electrons. The molecule has 0 saturated heterocycles. The maximum absolute atomic E-state index is 11.8. The molecule has 8 heteroatoms. The Balaban J connectivity index is 1.97. The van der Waals surface area contributed by atoms with E-state index in [-0.39, 0.29) is 23.3 Å². The van der Waals surface area contributed by atoms with Gasteiger partial charge in [-0.15, -0.1) is 10.2 Å². The zero-order chi connectivity index (χ0) is 15.6. The Hall–Kier alpha value is -2.22. The maximum Gasteiger partial charge on any atom is 0.338 e. The van der Waals surface area contributed by atoms with Crippen LogP contribution in [0.5, 0.6) is 0 Å². The second-order valence-corrected chi connectivity index (χ2v) is 6.50. The fourth-order valence-corrected chi connectivity index (χ4v) is 2.28. The van der Waals surface area contributed by atoms with Crippen LogP contribution in [-0.2, 0) is 12.0 Å². The van der Waals surface area contributed by atoms with Crippen molar-refractivity contribution < 1.29 is 19.1 Å². The normalized spacial score (nSPS) is 11.4. The number of aromatic carboxylic acids is 1. The third kappa shape index (κ3) is 3.66. The van der Waals surface area contributed by atoms with Crippen LogP contribution in [0.4, 0.5) is 0 Å². The van der Waals surface area contributed by atoms with Gasteiger partial charge >= 0.3 is 5.97 Å². The van der Waals surface area contributed by atoms with E-state index in [9.17, 15) is 9.59 Å². The number of hydrogen-bond acceptors (Lipinski definition) is 6. The van der Waals surface area contributed by atoms with Gasteiger partial charge in [-0.25, -0.2) is 4.79 Å². The van der Waals surface area contributed by atoms with Gasteiger partial charge in [0.2, 0.25) is 0 Å². The van der Waals surface area contributed by atoms with Crippen molar-refractivity contribution in [2.24, 2.45) is 0 Å². The summed E-state index contributed by atoms with van der Waals surface area (Å²) in [6.45, 7) is 6.32. The van der Waals surface area contributed by atoms with Crippen molar-refractivity contribution in [3.05, 3.63) is 33.7 Å². The molecule has 0 aliphatic carbocycles. The largest absolute Gasteiger partial charge is 0.478 e. The first-order valence-electron chi connectivity index (χ1n) is 6.20. The van der Waals surface area contributed by atoms with Crippen LogP contribution in [0.15, 0.2) is 16.7 Å². The monoisotopic (exact) mass is 309 g/mol. The molecule has 2 aromatic rings. The summed E-state index contributed by atoms with van der Waals surface area (Å²) in [5.41, 5.74) is -0.150. The minimum Gasteiger partial charge on any atom is -0.478 e. The highest BCUT2D eigenvalue weighted by molar-refractivity contribution is 7.11. The second kappa shape index (κ2) is 5.65. The van der Waals surface area contributed by atoms with Crippen molar-refractivity contribution in [3.63, 3.8) is 0 Å². The van der Waals surface area contributed by atoms with Gasteiger partial charge in [0.15, 0.2) is 5.76 Å². The van der Waals surface area contributed by atoms with Gasteiger partial charge in [-0.3, -0.25) is 4.79 Å². The Labute approximate surface area is 125 Å². The van der Waals surface area contributed by atoms with Crippen LogP contribution in [0.1, 0.15) is 51.7 Å². The number of amides is 1. The molecule has 0 atom stereocenters. The molecule has 0 spiro atoms. The molecular weight excluding hydrogens is 294 g/mol. The van der Waals surface area contributed by atoms with E-state index in [1.165, 1.54) is 17.4 Å². The highest BCUT2D eigenvalue weighted by atomic mass is 32.1. The smallest absolute Gasteiger partial charge is 0.338 e.